The standard InChI is InChI=1S/C76H146O6/c1-4-7-10-13-16-19-22-25-28-31-33-34-35-36-37-38-39-40-41-42-44-45-48-51-54-57-60-63-66-69-75(78)81-72-73(71-80-74(77)68-65-62-59-56-53-50-47-30-27-24-21-18-15-12-9-6-3)82-76(79)70-67-64-61-58-55-52-49-46-43-32-29-26-23-20-17-14-11-8-5-2/h26,29,73H,4-25,27-28,30-72H2,1-3H3/b29-26-. The Morgan fingerprint density at radius 1 is 0.232 bits per heavy atom. The van der Waals surface area contributed by atoms with Gasteiger partial charge in [0.05, 0.1) is 0 Å². The monoisotopic (exact) mass is 1160 g/mol. The summed E-state index contributed by atoms with van der Waals surface area (Å²) in [6.45, 7) is 6.74. The fourth-order valence-corrected chi connectivity index (χ4v) is 11.9. The Balaban J connectivity index is 4.19. The van der Waals surface area contributed by atoms with E-state index in [4.69, 9.17) is 14.2 Å². The lowest BCUT2D eigenvalue weighted by Gasteiger charge is -2.18. The Morgan fingerprint density at radius 2 is 0.402 bits per heavy atom. The molecule has 0 spiro atoms. The average molecular weight is 1160 g/mol. The Kier molecular flexibility index (Phi) is 70.0. The number of ether oxygens (including phenoxy) is 3. The van der Waals surface area contributed by atoms with Crippen LogP contribution in [0.3, 0.4) is 0 Å². The van der Waals surface area contributed by atoms with E-state index in [0.29, 0.717) is 19.3 Å². The number of carbonyl (C=O) groups excluding carboxylic acids is 3. The van der Waals surface area contributed by atoms with Crippen molar-refractivity contribution in [1.82, 2.24) is 0 Å². The van der Waals surface area contributed by atoms with Crippen LogP contribution in [0.15, 0.2) is 12.2 Å². The number of hydrogen-bond acceptors (Lipinski definition) is 6. The van der Waals surface area contributed by atoms with E-state index in [0.717, 1.165) is 57.8 Å². The SMILES string of the molecule is CCCCCCCC/C=C\CCCCCCCCCCCC(=O)OC(COC(=O)CCCCCCCCCCCCCCCCCC)COC(=O)CCCCCCCCCCCCCCCCCCCCCCCCCCCCCCC. The Bertz CT molecular complexity index is 1280. The van der Waals surface area contributed by atoms with E-state index in [1.165, 1.54) is 340 Å². The molecule has 0 aromatic heterocycles. The van der Waals surface area contributed by atoms with Gasteiger partial charge in [-0.25, -0.2) is 0 Å². The second-order valence-corrected chi connectivity index (χ2v) is 25.9. The van der Waals surface area contributed by atoms with E-state index in [1.807, 2.05) is 0 Å². The normalized spacial score (nSPS) is 12.0. The maximum atomic E-state index is 13.0. The van der Waals surface area contributed by atoms with E-state index in [9.17, 15) is 14.4 Å². The van der Waals surface area contributed by atoms with Gasteiger partial charge in [-0.15, -0.1) is 0 Å². The summed E-state index contributed by atoms with van der Waals surface area (Å²) in [6, 6.07) is 0. The summed E-state index contributed by atoms with van der Waals surface area (Å²) < 4.78 is 17.0. The minimum Gasteiger partial charge on any atom is -0.462 e. The molecule has 0 aromatic carbocycles. The molecule has 0 aliphatic heterocycles. The van der Waals surface area contributed by atoms with Crippen molar-refractivity contribution in [2.24, 2.45) is 0 Å². The van der Waals surface area contributed by atoms with Gasteiger partial charge < -0.3 is 14.2 Å². The Morgan fingerprint density at radius 3 is 0.610 bits per heavy atom. The van der Waals surface area contributed by atoms with Crippen molar-refractivity contribution in [2.45, 2.75) is 444 Å². The summed E-state index contributed by atoms with van der Waals surface area (Å²) in [5.41, 5.74) is 0. The third-order valence-electron chi connectivity index (χ3n) is 17.5. The van der Waals surface area contributed by atoms with Crippen molar-refractivity contribution in [3.8, 4) is 0 Å². The first-order valence-corrected chi connectivity index (χ1v) is 37.7. The average Bonchev–Trinajstić information content (AvgIpc) is 3.47. The molecule has 0 aliphatic carbocycles. The molecule has 0 saturated carbocycles. The van der Waals surface area contributed by atoms with Crippen molar-refractivity contribution in [1.29, 1.82) is 0 Å². The quantitative estimate of drug-likeness (QED) is 0.0261. The minimum atomic E-state index is -0.768. The number of hydrogen-bond donors (Lipinski definition) is 0. The Labute approximate surface area is 513 Å². The fraction of sp³-hybridized carbons (Fsp3) is 0.934. The maximum Gasteiger partial charge on any atom is 0.306 e. The van der Waals surface area contributed by atoms with E-state index < -0.39 is 6.10 Å². The molecular weight excluding hydrogens is 1010 g/mol. The molecule has 0 N–H and O–H groups in total. The molecule has 486 valence electrons. The van der Waals surface area contributed by atoms with Crippen LogP contribution in [0, 0.1) is 0 Å². The lowest BCUT2D eigenvalue weighted by Crippen LogP contribution is -2.30. The Hall–Kier alpha value is -1.85. The molecule has 0 rings (SSSR count). The van der Waals surface area contributed by atoms with Crippen LogP contribution in [0.25, 0.3) is 0 Å². The van der Waals surface area contributed by atoms with Crippen LogP contribution in [0.5, 0.6) is 0 Å². The number of carbonyl (C=O) groups is 3. The van der Waals surface area contributed by atoms with Gasteiger partial charge >= 0.3 is 17.9 Å². The first-order valence-electron chi connectivity index (χ1n) is 37.7. The highest BCUT2D eigenvalue weighted by Gasteiger charge is 2.20. The third kappa shape index (κ3) is 68.9. The van der Waals surface area contributed by atoms with Crippen LogP contribution < -0.4 is 0 Å². The van der Waals surface area contributed by atoms with Crippen molar-refractivity contribution in [3.63, 3.8) is 0 Å². The van der Waals surface area contributed by atoms with Gasteiger partial charge in [0.2, 0.25) is 0 Å². The summed E-state index contributed by atoms with van der Waals surface area (Å²) in [4.78, 5) is 38.5. The summed E-state index contributed by atoms with van der Waals surface area (Å²) in [6.07, 6.45) is 86.9. The molecule has 0 saturated heterocycles. The van der Waals surface area contributed by atoms with Gasteiger partial charge in [0.15, 0.2) is 6.10 Å². The number of rotatable bonds is 71. The molecule has 6 heteroatoms. The highest BCUT2D eigenvalue weighted by atomic mass is 16.6. The lowest BCUT2D eigenvalue weighted by molar-refractivity contribution is -0.167. The molecule has 82 heavy (non-hydrogen) atoms. The van der Waals surface area contributed by atoms with Gasteiger partial charge in [-0.3, -0.25) is 14.4 Å². The molecule has 0 bridgehead atoms. The molecule has 0 aromatic rings. The summed E-state index contributed by atoms with van der Waals surface area (Å²) in [5.74, 6) is -0.826. The topological polar surface area (TPSA) is 78.9 Å². The molecule has 1 atom stereocenters. The van der Waals surface area contributed by atoms with Crippen LogP contribution in [-0.2, 0) is 28.6 Å². The summed E-state index contributed by atoms with van der Waals surface area (Å²) >= 11 is 0. The smallest absolute Gasteiger partial charge is 0.306 e. The molecule has 0 heterocycles. The van der Waals surface area contributed by atoms with Gasteiger partial charge in [-0.2, -0.15) is 0 Å². The van der Waals surface area contributed by atoms with Crippen LogP contribution >= 0.6 is 0 Å². The molecule has 0 radical (unpaired) electrons. The molecular formula is C76H146O6. The van der Waals surface area contributed by atoms with Gasteiger partial charge in [0.1, 0.15) is 13.2 Å². The van der Waals surface area contributed by atoms with E-state index in [-0.39, 0.29) is 31.1 Å². The van der Waals surface area contributed by atoms with Crippen molar-refractivity contribution in [3.05, 3.63) is 12.2 Å². The summed E-state index contributed by atoms with van der Waals surface area (Å²) in [7, 11) is 0. The zero-order valence-electron chi connectivity index (χ0n) is 56.1. The first-order chi connectivity index (χ1) is 40.5. The predicted molar refractivity (Wildman–Crippen MR) is 358 cm³/mol. The van der Waals surface area contributed by atoms with Crippen LogP contribution in [0.4, 0.5) is 0 Å². The number of allylic oxidation sites excluding steroid dienone is 2. The van der Waals surface area contributed by atoms with E-state index in [2.05, 4.69) is 32.9 Å². The second-order valence-electron chi connectivity index (χ2n) is 25.9. The molecule has 1 unspecified atom stereocenters. The second kappa shape index (κ2) is 71.6. The van der Waals surface area contributed by atoms with Crippen LogP contribution in [0.2, 0.25) is 0 Å². The largest absolute Gasteiger partial charge is 0.462 e. The van der Waals surface area contributed by atoms with Gasteiger partial charge in [-0.1, -0.05) is 386 Å². The molecule has 6 nitrogen and oxygen atoms in total. The molecule has 0 aliphatic rings. The third-order valence-corrected chi connectivity index (χ3v) is 17.5. The van der Waals surface area contributed by atoms with E-state index >= 15 is 0 Å². The molecule has 0 amide bonds. The van der Waals surface area contributed by atoms with Crippen molar-refractivity contribution in [2.75, 3.05) is 13.2 Å². The lowest BCUT2D eigenvalue weighted by atomic mass is 10.0. The minimum absolute atomic E-state index is 0.0635. The predicted octanol–water partition coefficient (Wildman–Crippen LogP) is 26.0. The van der Waals surface area contributed by atoms with Gasteiger partial charge in [-0.05, 0) is 44.9 Å². The van der Waals surface area contributed by atoms with Crippen molar-refractivity contribution < 1.29 is 28.6 Å². The maximum absolute atomic E-state index is 13.0. The summed E-state index contributed by atoms with van der Waals surface area (Å²) in [5, 5.41) is 0. The number of esters is 3. The highest BCUT2D eigenvalue weighted by molar-refractivity contribution is 5.71. The van der Waals surface area contributed by atoms with Crippen LogP contribution in [-0.4, -0.2) is 37.2 Å². The van der Waals surface area contributed by atoms with Crippen LogP contribution in [0.1, 0.15) is 438 Å². The zero-order valence-corrected chi connectivity index (χ0v) is 56.1. The molecule has 0 fully saturated rings. The zero-order chi connectivity index (χ0) is 59.2. The number of unbranched alkanes of at least 4 members (excludes halogenated alkanes) is 58. The first kappa shape index (κ1) is 80.2. The highest BCUT2D eigenvalue weighted by Crippen LogP contribution is 2.20. The fourth-order valence-electron chi connectivity index (χ4n) is 11.9. The van der Waals surface area contributed by atoms with Crippen molar-refractivity contribution >= 4 is 17.9 Å². The van der Waals surface area contributed by atoms with Gasteiger partial charge in [0.25, 0.3) is 0 Å². The van der Waals surface area contributed by atoms with Gasteiger partial charge in [0, 0.05) is 19.3 Å². The van der Waals surface area contributed by atoms with E-state index in [1.54, 1.807) is 0 Å².